The van der Waals surface area contributed by atoms with E-state index in [1.54, 1.807) is 23.1 Å². The van der Waals surface area contributed by atoms with Gasteiger partial charge in [0.05, 0.1) is 18.2 Å². The van der Waals surface area contributed by atoms with E-state index in [2.05, 4.69) is 0 Å². The van der Waals surface area contributed by atoms with E-state index in [-0.39, 0.29) is 12.5 Å². The van der Waals surface area contributed by atoms with Crippen molar-refractivity contribution in [3.8, 4) is 5.75 Å². The molecular formula is C12H15ClN2O3. The number of nitrogen functional groups attached to an aromatic ring is 1. The first kappa shape index (κ1) is 13.0. The van der Waals surface area contributed by atoms with Gasteiger partial charge < -0.3 is 20.1 Å². The first-order valence-corrected chi connectivity index (χ1v) is 6.08. The van der Waals surface area contributed by atoms with Crippen molar-refractivity contribution in [1.82, 2.24) is 4.90 Å². The molecule has 1 aliphatic rings. The van der Waals surface area contributed by atoms with E-state index in [1.165, 1.54) is 0 Å². The van der Waals surface area contributed by atoms with Crippen molar-refractivity contribution in [1.29, 1.82) is 0 Å². The van der Waals surface area contributed by atoms with Crippen LogP contribution in [0, 0.1) is 0 Å². The maximum atomic E-state index is 11.8. The molecule has 0 atom stereocenters. The number of carbonyl (C=O) groups excluding carboxylic acids is 1. The number of rotatable bonds is 3. The highest BCUT2D eigenvalue weighted by Gasteiger charge is 2.17. The van der Waals surface area contributed by atoms with E-state index >= 15 is 0 Å². The van der Waals surface area contributed by atoms with Crippen LogP contribution < -0.4 is 10.5 Å². The Morgan fingerprint density at radius 1 is 1.44 bits per heavy atom. The highest BCUT2D eigenvalue weighted by atomic mass is 35.5. The van der Waals surface area contributed by atoms with Crippen LogP contribution in [-0.2, 0) is 9.53 Å². The number of benzene rings is 1. The predicted octanol–water partition coefficient (Wildman–Crippen LogP) is 1.16. The first-order chi connectivity index (χ1) is 8.66. The van der Waals surface area contributed by atoms with Gasteiger partial charge in [0, 0.05) is 18.8 Å². The molecule has 1 amide bonds. The second kappa shape index (κ2) is 5.93. The molecule has 0 radical (unpaired) electrons. The van der Waals surface area contributed by atoms with E-state index in [1.807, 2.05) is 0 Å². The fourth-order valence-electron chi connectivity index (χ4n) is 1.68. The molecule has 0 spiro atoms. The van der Waals surface area contributed by atoms with Gasteiger partial charge in [0.1, 0.15) is 5.75 Å². The third-order valence-electron chi connectivity index (χ3n) is 2.67. The molecule has 1 aromatic rings. The number of carbonyl (C=O) groups is 1. The number of nitrogens with zero attached hydrogens (tertiary/aromatic N) is 1. The van der Waals surface area contributed by atoms with Gasteiger partial charge in [-0.15, -0.1) is 0 Å². The fraction of sp³-hybridized carbons (Fsp3) is 0.417. The minimum atomic E-state index is -0.0637. The SMILES string of the molecule is Nc1ccc(OCC(=O)N2CCOCC2)c(Cl)c1. The Hall–Kier alpha value is -1.46. The topological polar surface area (TPSA) is 64.8 Å². The zero-order valence-corrected chi connectivity index (χ0v) is 10.7. The normalized spacial score (nSPS) is 15.5. The summed E-state index contributed by atoms with van der Waals surface area (Å²) in [5.74, 6) is 0.402. The maximum absolute atomic E-state index is 11.8. The first-order valence-electron chi connectivity index (χ1n) is 5.70. The van der Waals surface area contributed by atoms with Crippen LogP contribution >= 0.6 is 11.6 Å². The molecule has 98 valence electrons. The number of amides is 1. The van der Waals surface area contributed by atoms with Crippen molar-refractivity contribution < 1.29 is 14.3 Å². The Bertz CT molecular complexity index is 433. The molecule has 6 heteroatoms. The summed E-state index contributed by atoms with van der Waals surface area (Å²) in [7, 11) is 0. The minimum absolute atomic E-state index is 0.0242. The highest BCUT2D eigenvalue weighted by molar-refractivity contribution is 6.32. The molecule has 1 fully saturated rings. The Balaban J connectivity index is 1.88. The number of halogens is 1. The summed E-state index contributed by atoms with van der Waals surface area (Å²) in [6.45, 7) is 2.35. The maximum Gasteiger partial charge on any atom is 0.260 e. The second-order valence-electron chi connectivity index (χ2n) is 3.97. The Labute approximate surface area is 110 Å². The number of hydrogen-bond acceptors (Lipinski definition) is 4. The average Bonchev–Trinajstić information content (AvgIpc) is 2.38. The molecule has 2 rings (SSSR count). The van der Waals surface area contributed by atoms with Crippen molar-refractivity contribution in [3.05, 3.63) is 23.2 Å². The zero-order chi connectivity index (χ0) is 13.0. The Morgan fingerprint density at radius 2 is 2.17 bits per heavy atom. The standard InChI is InChI=1S/C12H15ClN2O3/c13-10-7-9(14)1-2-11(10)18-8-12(16)15-3-5-17-6-4-15/h1-2,7H,3-6,8,14H2. The van der Waals surface area contributed by atoms with Crippen LogP contribution in [-0.4, -0.2) is 43.7 Å². The van der Waals surface area contributed by atoms with E-state index in [0.717, 1.165) is 0 Å². The Kier molecular flexibility index (Phi) is 4.28. The van der Waals surface area contributed by atoms with Crippen molar-refractivity contribution in [3.63, 3.8) is 0 Å². The van der Waals surface area contributed by atoms with Crippen LogP contribution in [0.25, 0.3) is 0 Å². The van der Waals surface area contributed by atoms with Crippen LogP contribution in [0.5, 0.6) is 5.75 Å². The summed E-state index contributed by atoms with van der Waals surface area (Å²) in [5.41, 5.74) is 6.13. The van der Waals surface area contributed by atoms with Gasteiger partial charge in [-0.25, -0.2) is 0 Å². The largest absolute Gasteiger partial charge is 0.482 e. The number of nitrogens with two attached hydrogens (primary N) is 1. The van der Waals surface area contributed by atoms with Crippen LogP contribution in [0.15, 0.2) is 18.2 Å². The van der Waals surface area contributed by atoms with Crippen molar-refractivity contribution in [2.45, 2.75) is 0 Å². The zero-order valence-electron chi connectivity index (χ0n) is 9.89. The van der Waals surface area contributed by atoms with E-state index in [0.29, 0.717) is 42.8 Å². The summed E-state index contributed by atoms with van der Waals surface area (Å²) < 4.78 is 10.6. The van der Waals surface area contributed by atoms with Gasteiger partial charge in [0.25, 0.3) is 5.91 Å². The summed E-state index contributed by atoms with van der Waals surface area (Å²) in [5, 5.41) is 0.407. The number of ether oxygens (including phenoxy) is 2. The minimum Gasteiger partial charge on any atom is -0.482 e. The van der Waals surface area contributed by atoms with Gasteiger partial charge in [-0.3, -0.25) is 4.79 Å². The summed E-state index contributed by atoms with van der Waals surface area (Å²) in [4.78, 5) is 13.5. The van der Waals surface area contributed by atoms with Gasteiger partial charge in [-0.1, -0.05) is 11.6 Å². The number of morpholine rings is 1. The molecule has 18 heavy (non-hydrogen) atoms. The third-order valence-corrected chi connectivity index (χ3v) is 2.97. The van der Waals surface area contributed by atoms with Gasteiger partial charge in [0.15, 0.2) is 6.61 Å². The van der Waals surface area contributed by atoms with Gasteiger partial charge in [0.2, 0.25) is 0 Å². The smallest absolute Gasteiger partial charge is 0.260 e. The van der Waals surface area contributed by atoms with Crippen LogP contribution in [0.3, 0.4) is 0 Å². The van der Waals surface area contributed by atoms with E-state index < -0.39 is 0 Å². The highest BCUT2D eigenvalue weighted by Crippen LogP contribution is 2.26. The molecule has 0 aromatic heterocycles. The predicted molar refractivity (Wildman–Crippen MR) is 68.8 cm³/mol. The molecule has 0 aliphatic carbocycles. The molecule has 1 aliphatic heterocycles. The second-order valence-corrected chi connectivity index (χ2v) is 4.38. The van der Waals surface area contributed by atoms with Gasteiger partial charge in [-0.2, -0.15) is 0 Å². The lowest BCUT2D eigenvalue weighted by molar-refractivity contribution is -0.137. The molecule has 1 heterocycles. The van der Waals surface area contributed by atoms with Crippen molar-refractivity contribution >= 4 is 23.2 Å². The third kappa shape index (κ3) is 3.27. The quantitative estimate of drug-likeness (QED) is 0.837. The van der Waals surface area contributed by atoms with Gasteiger partial charge >= 0.3 is 0 Å². The summed E-state index contributed by atoms with van der Waals surface area (Å²) >= 11 is 5.95. The van der Waals surface area contributed by atoms with E-state index in [9.17, 15) is 4.79 Å². The molecular weight excluding hydrogens is 256 g/mol. The molecule has 1 aromatic carbocycles. The van der Waals surface area contributed by atoms with Crippen LogP contribution in [0.2, 0.25) is 5.02 Å². The molecule has 5 nitrogen and oxygen atoms in total. The average molecular weight is 271 g/mol. The van der Waals surface area contributed by atoms with Crippen molar-refractivity contribution in [2.24, 2.45) is 0 Å². The van der Waals surface area contributed by atoms with Crippen molar-refractivity contribution in [2.75, 3.05) is 38.6 Å². The van der Waals surface area contributed by atoms with E-state index in [4.69, 9.17) is 26.8 Å². The summed E-state index contributed by atoms with van der Waals surface area (Å²) in [6.07, 6.45) is 0. The molecule has 0 saturated carbocycles. The van der Waals surface area contributed by atoms with Crippen LogP contribution in [0.4, 0.5) is 5.69 Å². The molecule has 0 bridgehead atoms. The lowest BCUT2D eigenvalue weighted by Gasteiger charge is -2.26. The van der Waals surface area contributed by atoms with Crippen LogP contribution in [0.1, 0.15) is 0 Å². The van der Waals surface area contributed by atoms with Gasteiger partial charge in [-0.05, 0) is 18.2 Å². The molecule has 1 saturated heterocycles. The summed E-state index contributed by atoms with van der Waals surface area (Å²) in [6, 6.07) is 4.93. The number of anilines is 1. The molecule has 2 N–H and O–H groups in total. The monoisotopic (exact) mass is 270 g/mol. The molecule has 0 unspecified atom stereocenters. The number of hydrogen-bond donors (Lipinski definition) is 1. The lowest BCUT2D eigenvalue weighted by Crippen LogP contribution is -2.42. The fourth-order valence-corrected chi connectivity index (χ4v) is 1.92. The Morgan fingerprint density at radius 3 is 2.83 bits per heavy atom. The lowest BCUT2D eigenvalue weighted by atomic mass is 10.3.